The second kappa shape index (κ2) is 7.82. The van der Waals surface area contributed by atoms with Crippen LogP contribution in [0.5, 0.6) is 0 Å². The Kier molecular flexibility index (Phi) is 5.67. The molecule has 1 saturated heterocycles. The van der Waals surface area contributed by atoms with Crippen molar-refractivity contribution in [3.8, 4) is 0 Å². The maximum atomic E-state index is 13.0. The maximum Gasteiger partial charge on any atom is 0.243 e. The van der Waals surface area contributed by atoms with E-state index in [2.05, 4.69) is 5.32 Å². The summed E-state index contributed by atoms with van der Waals surface area (Å²) in [5.41, 5.74) is 3.54. The molecule has 1 aliphatic heterocycles. The minimum absolute atomic E-state index is 0.0376. The fraction of sp³-hybridized carbons (Fsp3) is 0.381. The number of nitrogens with one attached hydrogen (secondary N) is 1. The van der Waals surface area contributed by atoms with Gasteiger partial charge in [0.1, 0.15) is 0 Å². The van der Waals surface area contributed by atoms with Crippen LogP contribution in [0, 0.1) is 26.7 Å². The quantitative estimate of drug-likeness (QED) is 0.872. The van der Waals surface area contributed by atoms with Crippen molar-refractivity contribution in [3.63, 3.8) is 0 Å². The zero-order valence-electron chi connectivity index (χ0n) is 16.0. The van der Waals surface area contributed by atoms with Crippen LogP contribution in [0.25, 0.3) is 0 Å². The number of nitrogens with zero attached hydrogens (tertiary/aromatic N) is 1. The van der Waals surface area contributed by atoms with Crippen molar-refractivity contribution in [2.75, 3.05) is 18.4 Å². The normalized spacial score (nSPS) is 16.3. The predicted octanol–water partition coefficient (Wildman–Crippen LogP) is 3.65. The number of benzene rings is 2. The van der Waals surface area contributed by atoms with Gasteiger partial charge in [0.15, 0.2) is 0 Å². The van der Waals surface area contributed by atoms with Gasteiger partial charge in [-0.05, 0) is 68.5 Å². The Morgan fingerprint density at radius 1 is 1.00 bits per heavy atom. The molecule has 6 heteroatoms. The SMILES string of the molecule is Cc1cccc(NC(=O)C2CCN(S(=O)(=O)c3cc(C)ccc3C)CC2)c1. The summed E-state index contributed by atoms with van der Waals surface area (Å²) in [5.74, 6) is -0.208. The number of carbonyl (C=O) groups excluding carboxylic acids is 1. The number of rotatable bonds is 4. The molecule has 0 saturated carbocycles. The van der Waals surface area contributed by atoms with Crippen LogP contribution < -0.4 is 5.32 Å². The Morgan fingerprint density at radius 3 is 2.33 bits per heavy atom. The molecule has 0 aliphatic carbocycles. The van der Waals surface area contributed by atoms with Crippen LogP contribution in [0.4, 0.5) is 5.69 Å². The number of piperidine rings is 1. The summed E-state index contributed by atoms with van der Waals surface area (Å²) in [6.07, 6.45) is 1.06. The van der Waals surface area contributed by atoms with Crippen molar-refractivity contribution in [1.82, 2.24) is 4.31 Å². The predicted molar refractivity (Wildman–Crippen MR) is 107 cm³/mol. The van der Waals surface area contributed by atoms with Crippen LogP contribution in [0.1, 0.15) is 29.5 Å². The van der Waals surface area contributed by atoms with Crippen LogP contribution in [-0.4, -0.2) is 31.7 Å². The number of sulfonamides is 1. The highest BCUT2D eigenvalue weighted by atomic mass is 32.2. The van der Waals surface area contributed by atoms with Gasteiger partial charge in [-0.1, -0.05) is 24.3 Å². The molecule has 0 aromatic heterocycles. The molecule has 1 aliphatic rings. The first-order valence-electron chi connectivity index (χ1n) is 9.22. The lowest BCUT2D eigenvalue weighted by Crippen LogP contribution is -2.41. The van der Waals surface area contributed by atoms with E-state index in [1.807, 2.05) is 57.2 Å². The molecule has 1 amide bonds. The number of anilines is 1. The number of aryl methyl sites for hydroxylation is 3. The Morgan fingerprint density at radius 2 is 1.67 bits per heavy atom. The summed E-state index contributed by atoms with van der Waals surface area (Å²) < 4.78 is 27.5. The average molecular weight is 387 g/mol. The highest BCUT2D eigenvalue weighted by Gasteiger charge is 2.32. The molecule has 0 bridgehead atoms. The molecule has 0 atom stereocenters. The van der Waals surface area contributed by atoms with Gasteiger partial charge in [0.2, 0.25) is 15.9 Å². The molecule has 1 heterocycles. The Labute approximate surface area is 161 Å². The topological polar surface area (TPSA) is 66.5 Å². The van der Waals surface area contributed by atoms with Crippen molar-refractivity contribution in [2.24, 2.45) is 5.92 Å². The molecule has 144 valence electrons. The molecule has 0 unspecified atom stereocenters. The van der Waals surface area contributed by atoms with E-state index in [1.165, 1.54) is 4.31 Å². The van der Waals surface area contributed by atoms with Gasteiger partial charge in [-0.15, -0.1) is 0 Å². The number of carbonyl (C=O) groups is 1. The summed E-state index contributed by atoms with van der Waals surface area (Å²) in [7, 11) is -3.53. The smallest absolute Gasteiger partial charge is 0.243 e. The fourth-order valence-corrected chi connectivity index (χ4v) is 5.23. The van der Waals surface area contributed by atoms with Crippen LogP contribution in [0.3, 0.4) is 0 Å². The van der Waals surface area contributed by atoms with Gasteiger partial charge in [-0.2, -0.15) is 4.31 Å². The molecule has 1 fully saturated rings. The van der Waals surface area contributed by atoms with Gasteiger partial charge in [-0.3, -0.25) is 4.79 Å². The number of amides is 1. The molecular formula is C21H26N2O3S. The average Bonchev–Trinajstić information content (AvgIpc) is 2.63. The first-order valence-corrected chi connectivity index (χ1v) is 10.7. The fourth-order valence-electron chi connectivity index (χ4n) is 3.45. The second-order valence-electron chi connectivity index (χ2n) is 7.31. The zero-order chi connectivity index (χ0) is 19.6. The van der Waals surface area contributed by atoms with Gasteiger partial charge in [0.25, 0.3) is 0 Å². The third kappa shape index (κ3) is 4.39. The highest BCUT2D eigenvalue weighted by molar-refractivity contribution is 7.89. The molecule has 2 aromatic rings. The lowest BCUT2D eigenvalue weighted by atomic mass is 9.97. The van der Waals surface area contributed by atoms with Crippen molar-refractivity contribution >= 4 is 21.6 Å². The molecule has 0 spiro atoms. The van der Waals surface area contributed by atoms with Gasteiger partial charge in [-0.25, -0.2) is 8.42 Å². The standard InChI is InChI=1S/C21H26N2O3S/c1-15-5-4-6-19(13-15)22-21(24)18-9-11-23(12-10-18)27(25,26)20-14-16(2)7-8-17(20)3/h4-8,13-14,18H,9-12H2,1-3H3,(H,22,24). The van der Waals surface area contributed by atoms with Crippen LogP contribution in [0.15, 0.2) is 47.4 Å². The molecule has 0 radical (unpaired) electrons. The van der Waals surface area contributed by atoms with E-state index >= 15 is 0 Å². The molecule has 3 rings (SSSR count). The van der Waals surface area contributed by atoms with Crippen molar-refractivity contribution < 1.29 is 13.2 Å². The number of hydrogen-bond acceptors (Lipinski definition) is 3. The Balaban J connectivity index is 1.66. The summed E-state index contributed by atoms with van der Waals surface area (Å²) >= 11 is 0. The molecule has 1 N–H and O–H groups in total. The van der Waals surface area contributed by atoms with Crippen molar-refractivity contribution in [3.05, 3.63) is 59.2 Å². The van der Waals surface area contributed by atoms with Crippen LogP contribution in [-0.2, 0) is 14.8 Å². The monoisotopic (exact) mass is 386 g/mol. The van der Waals surface area contributed by atoms with Crippen LogP contribution in [0.2, 0.25) is 0 Å². The first kappa shape index (κ1) is 19.6. The van der Waals surface area contributed by atoms with E-state index in [-0.39, 0.29) is 11.8 Å². The van der Waals surface area contributed by atoms with Gasteiger partial charge < -0.3 is 5.32 Å². The van der Waals surface area contributed by atoms with E-state index in [0.29, 0.717) is 30.8 Å². The van der Waals surface area contributed by atoms with E-state index in [1.54, 1.807) is 6.07 Å². The van der Waals surface area contributed by atoms with E-state index < -0.39 is 10.0 Å². The lowest BCUT2D eigenvalue weighted by Gasteiger charge is -2.31. The minimum atomic E-state index is -3.53. The third-order valence-electron chi connectivity index (χ3n) is 5.07. The molecule has 5 nitrogen and oxygen atoms in total. The summed E-state index contributed by atoms with van der Waals surface area (Å²) in [6.45, 7) is 6.41. The summed E-state index contributed by atoms with van der Waals surface area (Å²) in [4.78, 5) is 12.9. The van der Waals surface area contributed by atoms with E-state index in [9.17, 15) is 13.2 Å². The zero-order valence-corrected chi connectivity index (χ0v) is 16.8. The summed E-state index contributed by atoms with van der Waals surface area (Å²) in [5, 5.41) is 2.95. The van der Waals surface area contributed by atoms with Crippen LogP contribution >= 0.6 is 0 Å². The molecule has 2 aromatic carbocycles. The largest absolute Gasteiger partial charge is 0.326 e. The van der Waals surface area contributed by atoms with E-state index in [4.69, 9.17) is 0 Å². The van der Waals surface area contributed by atoms with Crippen molar-refractivity contribution in [2.45, 2.75) is 38.5 Å². The first-order chi connectivity index (χ1) is 12.8. The summed E-state index contributed by atoms with van der Waals surface area (Å²) in [6, 6.07) is 13.2. The van der Waals surface area contributed by atoms with Gasteiger partial charge >= 0.3 is 0 Å². The Bertz CT molecular complexity index is 946. The number of hydrogen-bond donors (Lipinski definition) is 1. The second-order valence-corrected chi connectivity index (χ2v) is 9.21. The highest BCUT2D eigenvalue weighted by Crippen LogP contribution is 2.27. The minimum Gasteiger partial charge on any atom is -0.326 e. The van der Waals surface area contributed by atoms with Gasteiger partial charge in [0.05, 0.1) is 4.90 Å². The lowest BCUT2D eigenvalue weighted by molar-refractivity contribution is -0.120. The third-order valence-corrected chi connectivity index (χ3v) is 7.11. The maximum absolute atomic E-state index is 13.0. The molecular weight excluding hydrogens is 360 g/mol. The molecule has 27 heavy (non-hydrogen) atoms. The van der Waals surface area contributed by atoms with Gasteiger partial charge in [0, 0.05) is 24.7 Å². The van der Waals surface area contributed by atoms with Crippen molar-refractivity contribution in [1.29, 1.82) is 0 Å². The Hall–Kier alpha value is -2.18. The van der Waals surface area contributed by atoms with E-state index in [0.717, 1.165) is 22.4 Å².